The molecule has 0 unspecified atom stereocenters. The Bertz CT molecular complexity index is 857. The van der Waals surface area contributed by atoms with Gasteiger partial charge in [0.2, 0.25) is 11.8 Å². The number of rotatable bonds is 7. The molecule has 1 heterocycles. The fraction of sp³-hybridized carbons (Fsp3) is 0.417. The monoisotopic (exact) mass is 406 g/mol. The first kappa shape index (κ1) is 20.6. The lowest BCUT2D eigenvalue weighted by atomic mass is 10.0. The molecule has 2 aliphatic rings. The number of nitrogens with one attached hydrogen (secondary N) is 2. The minimum absolute atomic E-state index is 0.0232. The van der Waals surface area contributed by atoms with Gasteiger partial charge in [-0.2, -0.15) is 0 Å². The number of carbonyl (C=O) groups is 2. The van der Waals surface area contributed by atoms with Crippen molar-refractivity contribution in [3.63, 3.8) is 0 Å². The van der Waals surface area contributed by atoms with Gasteiger partial charge in [0.05, 0.1) is 6.54 Å². The average Bonchev–Trinajstić information content (AvgIpc) is 3.56. The second-order valence-corrected chi connectivity index (χ2v) is 8.32. The fourth-order valence-corrected chi connectivity index (χ4v) is 3.89. The van der Waals surface area contributed by atoms with Crippen LogP contribution in [0, 0.1) is 6.92 Å². The number of nitrogens with zero attached hydrogens (tertiary/aromatic N) is 2. The van der Waals surface area contributed by atoms with Crippen molar-refractivity contribution in [2.45, 2.75) is 31.8 Å². The molecule has 1 saturated heterocycles. The zero-order valence-corrected chi connectivity index (χ0v) is 17.5. The predicted molar refractivity (Wildman–Crippen MR) is 118 cm³/mol. The number of piperazine rings is 1. The van der Waals surface area contributed by atoms with Crippen LogP contribution in [0.25, 0.3) is 0 Å². The smallest absolute Gasteiger partial charge is 0.246 e. The van der Waals surface area contributed by atoms with Crippen molar-refractivity contribution in [2.24, 2.45) is 0 Å². The maximum Gasteiger partial charge on any atom is 0.246 e. The van der Waals surface area contributed by atoms with Crippen LogP contribution < -0.4 is 10.6 Å². The van der Waals surface area contributed by atoms with Gasteiger partial charge in [-0.1, -0.05) is 48.0 Å². The lowest BCUT2D eigenvalue weighted by Crippen LogP contribution is -2.52. The number of benzene rings is 2. The van der Waals surface area contributed by atoms with E-state index >= 15 is 0 Å². The molecule has 2 aromatic carbocycles. The van der Waals surface area contributed by atoms with E-state index in [-0.39, 0.29) is 17.9 Å². The molecule has 2 amide bonds. The van der Waals surface area contributed by atoms with Crippen molar-refractivity contribution in [1.29, 1.82) is 0 Å². The Morgan fingerprint density at radius 1 is 0.967 bits per heavy atom. The maximum absolute atomic E-state index is 13.3. The first-order valence-corrected chi connectivity index (χ1v) is 10.8. The minimum Gasteiger partial charge on any atom is -0.352 e. The molecule has 0 spiro atoms. The summed E-state index contributed by atoms with van der Waals surface area (Å²) in [6.45, 7) is 5.52. The summed E-state index contributed by atoms with van der Waals surface area (Å²) >= 11 is 0. The number of anilines is 1. The van der Waals surface area contributed by atoms with Gasteiger partial charge in [-0.3, -0.25) is 19.4 Å². The molecular formula is C24H30N4O2. The Balaban J connectivity index is 1.40. The van der Waals surface area contributed by atoms with Crippen LogP contribution in [-0.4, -0.2) is 60.4 Å². The van der Waals surface area contributed by atoms with Crippen molar-refractivity contribution < 1.29 is 9.59 Å². The highest BCUT2D eigenvalue weighted by molar-refractivity contribution is 5.95. The summed E-state index contributed by atoms with van der Waals surface area (Å²) in [7, 11) is 0. The van der Waals surface area contributed by atoms with Crippen LogP contribution >= 0.6 is 0 Å². The third-order valence-corrected chi connectivity index (χ3v) is 5.76. The summed E-state index contributed by atoms with van der Waals surface area (Å²) in [6.07, 6.45) is 2.21. The third-order valence-electron chi connectivity index (χ3n) is 5.76. The van der Waals surface area contributed by atoms with E-state index in [0.717, 1.165) is 55.8 Å². The van der Waals surface area contributed by atoms with Crippen molar-refractivity contribution in [1.82, 2.24) is 15.1 Å². The maximum atomic E-state index is 13.3. The Morgan fingerprint density at radius 3 is 2.27 bits per heavy atom. The first-order valence-electron chi connectivity index (χ1n) is 10.8. The summed E-state index contributed by atoms with van der Waals surface area (Å²) < 4.78 is 0. The molecule has 1 aliphatic carbocycles. The molecular weight excluding hydrogens is 376 g/mol. The third kappa shape index (κ3) is 5.46. The van der Waals surface area contributed by atoms with Crippen LogP contribution in [0.5, 0.6) is 0 Å². The first-order chi connectivity index (χ1) is 14.6. The molecule has 0 aromatic heterocycles. The van der Waals surface area contributed by atoms with Crippen LogP contribution in [0.2, 0.25) is 0 Å². The van der Waals surface area contributed by atoms with Gasteiger partial charge in [0, 0.05) is 37.9 Å². The lowest BCUT2D eigenvalue weighted by Gasteiger charge is -2.38. The van der Waals surface area contributed by atoms with E-state index in [2.05, 4.69) is 20.4 Å². The van der Waals surface area contributed by atoms with E-state index in [0.29, 0.717) is 12.6 Å². The van der Waals surface area contributed by atoms with E-state index in [1.807, 2.05) is 61.5 Å². The Hall–Kier alpha value is -2.70. The van der Waals surface area contributed by atoms with Gasteiger partial charge in [0.15, 0.2) is 0 Å². The van der Waals surface area contributed by atoms with E-state index < -0.39 is 0 Å². The quantitative estimate of drug-likeness (QED) is 0.742. The second-order valence-electron chi connectivity index (χ2n) is 8.32. The van der Waals surface area contributed by atoms with E-state index in [9.17, 15) is 9.59 Å². The summed E-state index contributed by atoms with van der Waals surface area (Å²) in [5.74, 6) is 0.0904. The van der Waals surface area contributed by atoms with Crippen molar-refractivity contribution >= 4 is 17.5 Å². The molecule has 4 rings (SSSR count). The Labute approximate surface area is 178 Å². The second kappa shape index (κ2) is 9.41. The molecule has 6 nitrogen and oxygen atoms in total. The minimum atomic E-state index is -0.352. The van der Waals surface area contributed by atoms with Crippen LogP contribution in [0.15, 0.2) is 54.6 Å². The molecule has 158 valence electrons. The zero-order chi connectivity index (χ0) is 20.9. The van der Waals surface area contributed by atoms with Gasteiger partial charge in [0.25, 0.3) is 0 Å². The molecule has 1 aliphatic heterocycles. The number of hydrogen-bond acceptors (Lipinski definition) is 4. The zero-order valence-electron chi connectivity index (χ0n) is 17.5. The molecule has 2 N–H and O–H groups in total. The number of amides is 2. The van der Waals surface area contributed by atoms with Gasteiger partial charge in [0.1, 0.15) is 6.04 Å². The van der Waals surface area contributed by atoms with Gasteiger partial charge >= 0.3 is 0 Å². The highest BCUT2D eigenvalue weighted by Gasteiger charge is 2.31. The van der Waals surface area contributed by atoms with Crippen LogP contribution in [0.1, 0.15) is 30.0 Å². The normalized spacial score (nSPS) is 18.6. The van der Waals surface area contributed by atoms with Crippen molar-refractivity contribution in [2.75, 3.05) is 38.0 Å². The molecule has 0 bridgehead atoms. The van der Waals surface area contributed by atoms with E-state index in [4.69, 9.17) is 0 Å². The largest absolute Gasteiger partial charge is 0.352 e. The molecule has 2 aromatic rings. The molecule has 1 atom stereocenters. The molecule has 2 fully saturated rings. The van der Waals surface area contributed by atoms with Gasteiger partial charge < -0.3 is 10.6 Å². The van der Waals surface area contributed by atoms with Gasteiger partial charge in [-0.15, -0.1) is 0 Å². The predicted octanol–water partition coefficient (Wildman–Crippen LogP) is 2.57. The molecule has 30 heavy (non-hydrogen) atoms. The Kier molecular flexibility index (Phi) is 6.45. The fourth-order valence-electron chi connectivity index (χ4n) is 3.89. The number of carbonyl (C=O) groups excluding carboxylic acids is 2. The topological polar surface area (TPSA) is 64.7 Å². The molecule has 0 radical (unpaired) electrons. The average molecular weight is 407 g/mol. The standard InChI is InChI=1S/C24H30N4O2/c1-18-7-9-21(10-8-18)26-24(30)23(19-5-3-2-4-6-19)28-15-13-27(14-16-28)17-22(29)25-20-11-12-20/h2-10,20,23H,11-17H2,1H3,(H,25,29)(H,26,30)/t23-/m0/s1. The summed E-state index contributed by atoms with van der Waals surface area (Å²) in [6, 6.07) is 17.8. The van der Waals surface area contributed by atoms with E-state index in [1.165, 1.54) is 0 Å². The van der Waals surface area contributed by atoms with E-state index in [1.54, 1.807) is 0 Å². The summed E-state index contributed by atoms with van der Waals surface area (Å²) in [5.41, 5.74) is 2.96. The number of hydrogen-bond donors (Lipinski definition) is 2. The van der Waals surface area contributed by atoms with Crippen LogP contribution in [0.4, 0.5) is 5.69 Å². The van der Waals surface area contributed by atoms with Gasteiger partial charge in [-0.05, 0) is 37.5 Å². The Morgan fingerprint density at radius 2 is 1.63 bits per heavy atom. The molecule has 6 heteroatoms. The summed E-state index contributed by atoms with van der Waals surface area (Å²) in [5, 5.41) is 6.13. The van der Waals surface area contributed by atoms with Crippen molar-refractivity contribution in [3.05, 3.63) is 65.7 Å². The highest BCUT2D eigenvalue weighted by atomic mass is 16.2. The highest BCUT2D eigenvalue weighted by Crippen LogP contribution is 2.24. The number of aryl methyl sites for hydroxylation is 1. The van der Waals surface area contributed by atoms with Gasteiger partial charge in [-0.25, -0.2) is 0 Å². The SMILES string of the molecule is Cc1ccc(NC(=O)[C@H](c2ccccc2)N2CCN(CC(=O)NC3CC3)CC2)cc1. The lowest BCUT2D eigenvalue weighted by molar-refractivity contribution is -0.125. The van der Waals surface area contributed by atoms with Crippen LogP contribution in [-0.2, 0) is 9.59 Å². The van der Waals surface area contributed by atoms with Crippen LogP contribution in [0.3, 0.4) is 0 Å². The molecule has 1 saturated carbocycles. The summed E-state index contributed by atoms with van der Waals surface area (Å²) in [4.78, 5) is 29.7. The van der Waals surface area contributed by atoms with Crippen molar-refractivity contribution in [3.8, 4) is 0 Å².